The van der Waals surface area contributed by atoms with Crippen LogP contribution in [-0.4, -0.2) is 24.8 Å². The molecule has 3 atom stereocenters. The average Bonchev–Trinajstić information content (AvgIpc) is 2.94. The van der Waals surface area contributed by atoms with Gasteiger partial charge in [0.1, 0.15) is 0 Å². The molecule has 104 valence electrons. The maximum absolute atomic E-state index is 12.4. The molecule has 0 N–H and O–H groups in total. The molecule has 0 bridgehead atoms. The van der Waals surface area contributed by atoms with Crippen molar-refractivity contribution in [2.24, 2.45) is 22.7 Å². The molecular weight excluding hydrogens is 240 g/mol. The van der Waals surface area contributed by atoms with E-state index in [2.05, 4.69) is 19.9 Å². The summed E-state index contributed by atoms with van der Waals surface area (Å²) in [6, 6.07) is 0. The predicted octanol–water partition coefficient (Wildman–Crippen LogP) is 2.70. The quantitative estimate of drug-likeness (QED) is 0.673. The lowest BCUT2D eigenvalue weighted by Gasteiger charge is -2.42. The van der Waals surface area contributed by atoms with E-state index in [4.69, 9.17) is 9.47 Å². The van der Waals surface area contributed by atoms with E-state index in [9.17, 15) is 4.79 Å². The Balaban J connectivity index is 1.63. The van der Waals surface area contributed by atoms with E-state index in [0.717, 1.165) is 38.9 Å². The molecule has 0 aromatic carbocycles. The largest absolute Gasteiger partial charge is 0.349 e. The van der Waals surface area contributed by atoms with Crippen LogP contribution in [0.1, 0.15) is 39.5 Å². The zero-order chi connectivity index (χ0) is 13.3. The monoisotopic (exact) mass is 262 g/mol. The smallest absolute Gasteiger partial charge is 0.169 e. The van der Waals surface area contributed by atoms with Gasteiger partial charge in [-0.05, 0) is 30.8 Å². The molecule has 0 aromatic heterocycles. The summed E-state index contributed by atoms with van der Waals surface area (Å²) in [6.07, 6.45) is 7.94. The first-order valence-corrected chi connectivity index (χ1v) is 7.46. The Hall–Kier alpha value is -0.670. The van der Waals surface area contributed by atoms with Gasteiger partial charge in [-0.25, -0.2) is 0 Å². The van der Waals surface area contributed by atoms with Gasteiger partial charge in [0.05, 0.1) is 13.2 Å². The summed E-state index contributed by atoms with van der Waals surface area (Å²) in [6.45, 7) is 5.81. The fourth-order valence-electron chi connectivity index (χ4n) is 4.71. The fraction of sp³-hybridized carbons (Fsp3) is 0.812. The van der Waals surface area contributed by atoms with E-state index in [1.807, 2.05) is 6.08 Å². The van der Waals surface area contributed by atoms with Crippen molar-refractivity contribution in [3.05, 3.63) is 12.2 Å². The molecule has 19 heavy (non-hydrogen) atoms. The highest BCUT2D eigenvalue weighted by Gasteiger charge is 2.66. The lowest BCUT2D eigenvalue weighted by Crippen LogP contribution is -2.47. The van der Waals surface area contributed by atoms with E-state index in [-0.39, 0.29) is 10.8 Å². The summed E-state index contributed by atoms with van der Waals surface area (Å²) >= 11 is 0. The molecule has 3 fully saturated rings. The van der Waals surface area contributed by atoms with Crippen LogP contribution >= 0.6 is 0 Å². The molecule has 3 aliphatic carbocycles. The minimum atomic E-state index is -0.472. The van der Waals surface area contributed by atoms with E-state index in [1.54, 1.807) is 0 Å². The molecule has 1 heterocycles. The number of ether oxygens (including phenoxy) is 2. The van der Waals surface area contributed by atoms with Crippen LogP contribution in [-0.2, 0) is 14.3 Å². The summed E-state index contributed by atoms with van der Waals surface area (Å²) in [7, 11) is 0. The molecule has 2 spiro atoms. The van der Waals surface area contributed by atoms with Crippen molar-refractivity contribution < 1.29 is 14.3 Å². The van der Waals surface area contributed by atoms with E-state index in [0.29, 0.717) is 17.6 Å². The van der Waals surface area contributed by atoms with E-state index >= 15 is 0 Å². The van der Waals surface area contributed by atoms with Crippen LogP contribution in [0.4, 0.5) is 0 Å². The Morgan fingerprint density at radius 1 is 1.21 bits per heavy atom. The van der Waals surface area contributed by atoms with Crippen LogP contribution in [0.5, 0.6) is 0 Å². The minimum Gasteiger partial charge on any atom is -0.349 e. The molecule has 0 radical (unpaired) electrons. The number of rotatable bonds is 0. The van der Waals surface area contributed by atoms with Crippen molar-refractivity contribution in [1.82, 2.24) is 0 Å². The maximum Gasteiger partial charge on any atom is 0.169 e. The maximum atomic E-state index is 12.4. The Kier molecular flexibility index (Phi) is 2.23. The molecule has 4 aliphatic rings. The van der Waals surface area contributed by atoms with Gasteiger partial charge in [-0.15, -0.1) is 0 Å². The first-order valence-electron chi connectivity index (χ1n) is 7.46. The molecule has 1 saturated heterocycles. The van der Waals surface area contributed by atoms with Gasteiger partial charge in [0.15, 0.2) is 11.6 Å². The van der Waals surface area contributed by atoms with Crippen molar-refractivity contribution in [3.8, 4) is 0 Å². The Morgan fingerprint density at radius 2 is 1.95 bits per heavy atom. The number of hydrogen-bond donors (Lipinski definition) is 0. The molecule has 3 nitrogen and oxygen atoms in total. The second-order valence-corrected chi connectivity index (χ2v) is 7.68. The molecule has 2 saturated carbocycles. The van der Waals surface area contributed by atoms with Crippen LogP contribution < -0.4 is 0 Å². The predicted molar refractivity (Wildman–Crippen MR) is 70.4 cm³/mol. The van der Waals surface area contributed by atoms with Gasteiger partial charge >= 0.3 is 0 Å². The second-order valence-electron chi connectivity index (χ2n) is 7.68. The Morgan fingerprint density at radius 3 is 2.68 bits per heavy atom. The topological polar surface area (TPSA) is 35.5 Å². The van der Waals surface area contributed by atoms with Gasteiger partial charge in [0, 0.05) is 23.7 Å². The van der Waals surface area contributed by atoms with Crippen LogP contribution in [0.15, 0.2) is 12.2 Å². The average molecular weight is 262 g/mol. The standard InChI is InChI=1S/C16H22O3/c1-14(2)9-18-15(19-10-14)7-12-4-3-11-5-6-13(17)16(11,12)8-15/h5-6,11-12H,3-4,7-10H2,1-2H3. The van der Waals surface area contributed by atoms with Gasteiger partial charge in [0.25, 0.3) is 0 Å². The highest BCUT2D eigenvalue weighted by molar-refractivity contribution is 5.98. The molecule has 0 amide bonds. The van der Waals surface area contributed by atoms with Gasteiger partial charge in [-0.3, -0.25) is 4.79 Å². The van der Waals surface area contributed by atoms with Gasteiger partial charge in [-0.1, -0.05) is 19.9 Å². The lowest BCUT2D eigenvalue weighted by molar-refractivity contribution is -0.299. The van der Waals surface area contributed by atoms with E-state index < -0.39 is 5.79 Å². The van der Waals surface area contributed by atoms with Crippen molar-refractivity contribution in [3.63, 3.8) is 0 Å². The third kappa shape index (κ3) is 1.49. The summed E-state index contributed by atoms with van der Waals surface area (Å²) in [5, 5.41) is 0. The van der Waals surface area contributed by atoms with E-state index in [1.165, 1.54) is 0 Å². The third-order valence-corrected chi connectivity index (χ3v) is 5.73. The minimum absolute atomic E-state index is 0.0952. The van der Waals surface area contributed by atoms with Crippen LogP contribution in [0.2, 0.25) is 0 Å². The Labute approximate surface area is 114 Å². The molecule has 1 aliphatic heterocycles. The molecule has 4 rings (SSSR count). The second kappa shape index (κ2) is 3.50. The summed E-state index contributed by atoms with van der Waals surface area (Å²) in [5.41, 5.74) is -0.0839. The molecule has 3 unspecified atom stereocenters. The Bertz CT molecular complexity index is 455. The highest BCUT2D eigenvalue weighted by atomic mass is 16.7. The van der Waals surface area contributed by atoms with Crippen molar-refractivity contribution >= 4 is 5.78 Å². The number of carbonyl (C=O) groups excluding carboxylic acids is 1. The van der Waals surface area contributed by atoms with Gasteiger partial charge in [0.2, 0.25) is 0 Å². The lowest BCUT2D eigenvalue weighted by atomic mass is 9.74. The summed E-state index contributed by atoms with van der Waals surface area (Å²) in [5.74, 6) is 0.752. The third-order valence-electron chi connectivity index (χ3n) is 5.73. The number of hydrogen-bond acceptors (Lipinski definition) is 3. The molecule has 0 aromatic rings. The zero-order valence-corrected chi connectivity index (χ0v) is 11.8. The zero-order valence-electron chi connectivity index (χ0n) is 11.8. The summed E-state index contributed by atoms with van der Waals surface area (Å²) in [4.78, 5) is 12.4. The van der Waals surface area contributed by atoms with Crippen molar-refractivity contribution in [2.75, 3.05) is 13.2 Å². The number of allylic oxidation sites excluding steroid dienone is 2. The SMILES string of the molecule is CC1(C)COC2(CC3CCC4C=CC(=O)C43C2)OC1. The number of carbonyl (C=O) groups is 1. The van der Waals surface area contributed by atoms with Crippen molar-refractivity contribution in [2.45, 2.75) is 45.3 Å². The van der Waals surface area contributed by atoms with Crippen LogP contribution in [0.25, 0.3) is 0 Å². The first-order chi connectivity index (χ1) is 8.96. The number of ketones is 1. The highest BCUT2D eigenvalue weighted by Crippen LogP contribution is 2.65. The van der Waals surface area contributed by atoms with Crippen LogP contribution in [0, 0.1) is 22.7 Å². The van der Waals surface area contributed by atoms with Gasteiger partial charge in [-0.2, -0.15) is 0 Å². The normalized spacial score (nSPS) is 45.7. The fourth-order valence-corrected chi connectivity index (χ4v) is 4.71. The van der Waals surface area contributed by atoms with Gasteiger partial charge < -0.3 is 9.47 Å². The molecule has 3 heteroatoms. The molecular formula is C16H22O3. The summed E-state index contributed by atoms with van der Waals surface area (Å²) < 4.78 is 12.3. The van der Waals surface area contributed by atoms with Crippen LogP contribution in [0.3, 0.4) is 0 Å². The first kappa shape index (κ1) is 12.1. The van der Waals surface area contributed by atoms with Crippen molar-refractivity contribution in [1.29, 1.82) is 0 Å².